The van der Waals surface area contributed by atoms with Crippen LogP contribution in [0.4, 0.5) is 0 Å². The summed E-state index contributed by atoms with van der Waals surface area (Å²) in [7, 11) is -2.13. The number of ether oxygens (including phenoxy) is 1. The Hall–Kier alpha value is -2.74. The summed E-state index contributed by atoms with van der Waals surface area (Å²) in [6, 6.07) is 12.8. The molecule has 3 saturated heterocycles. The number of sulfonamides is 1. The molecule has 184 valence electrons. The molecule has 4 heterocycles. The van der Waals surface area contributed by atoms with Crippen molar-refractivity contribution in [1.29, 1.82) is 0 Å². The zero-order valence-electron chi connectivity index (χ0n) is 20.6. The normalized spacial score (nSPS) is 24.9. The summed E-state index contributed by atoms with van der Waals surface area (Å²) in [6.45, 7) is 9.77. The Morgan fingerprint density at radius 1 is 1.17 bits per heavy atom. The molecular formula is C28H33N3O3S. The fraction of sp³-hybridized carbons (Fsp3) is 0.393. The third-order valence-corrected chi connectivity index (χ3v) is 9.06. The smallest absolute Gasteiger partial charge is 0.241 e. The largest absolute Gasteiger partial charge is 0.497 e. The first-order chi connectivity index (χ1) is 16.8. The Labute approximate surface area is 208 Å². The Morgan fingerprint density at radius 2 is 1.94 bits per heavy atom. The third kappa shape index (κ3) is 4.60. The fourth-order valence-corrected chi connectivity index (χ4v) is 7.38. The second-order valence-electron chi connectivity index (χ2n) is 9.95. The van der Waals surface area contributed by atoms with Crippen molar-refractivity contribution in [2.24, 2.45) is 11.8 Å². The SMILES string of the molecule is C=CC1CN2CCC1C[C@H]2[C@@H](NS(=O)(=O)c1cc(C)cc(C)c1)c1ccnc2ccc(OC)cc12. The number of methoxy groups -OCH3 is 1. The van der Waals surface area contributed by atoms with Crippen LogP contribution in [-0.4, -0.2) is 44.5 Å². The summed E-state index contributed by atoms with van der Waals surface area (Å²) < 4.78 is 36.1. The number of nitrogens with one attached hydrogen (secondary N) is 1. The van der Waals surface area contributed by atoms with Crippen LogP contribution in [-0.2, 0) is 10.0 Å². The summed E-state index contributed by atoms with van der Waals surface area (Å²) in [4.78, 5) is 7.28. The number of hydrogen-bond acceptors (Lipinski definition) is 5. The predicted molar refractivity (Wildman–Crippen MR) is 139 cm³/mol. The number of piperidine rings is 3. The average Bonchev–Trinajstić information content (AvgIpc) is 2.86. The molecule has 0 amide bonds. The van der Waals surface area contributed by atoms with Gasteiger partial charge in [0.25, 0.3) is 0 Å². The van der Waals surface area contributed by atoms with Crippen molar-refractivity contribution < 1.29 is 13.2 Å². The second kappa shape index (κ2) is 9.37. The van der Waals surface area contributed by atoms with Gasteiger partial charge in [-0.3, -0.25) is 9.88 Å². The van der Waals surface area contributed by atoms with Gasteiger partial charge in [-0.05, 0) is 98.2 Å². The van der Waals surface area contributed by atoms with Gasteiger partial charge >= 0.3 is 0 Å². The van der Waals surface area contributed by atoms with Crippen molar-refractivity contribution >= 4 is 20.9 Å². The van der Waals surface area contributed by atoms with E-state index in [9.17, 15) is 8.42 Å². The first kappa shape index (κ1) is 24.0. The molecule has 0 radical (unpaired) electrons. The lowest BCUT2D eigenvalue weighted by atomic mass is 9.73. The molecule has 3 aliphatic rings. The fourth-order valence-electron chi connectivity index (χ4n) is 5.94. The molecule has 5 atom stereocenters. The Kier molecular flexibility index (Phi) is 6.42. The van der Waals surface area contributed by atoms with Gasteiger partial charge in [0.1, 0.15) is 5.75 Å². The number of rotatable bonds is 7. The highest BCUT2D eigenvalue weighted by atomic mass is 32.2. The lowest BCUT2D eigenvalue weighted by Gasteiger charge is -2.51. The van der Waals surface area contributed by atoms with Crippen LogP contribution in [0, 0.1) is 25.7 Å². The molecule has 1 N–H and O–H groups in total. The van der Waals surface area contributed by atoms with E-state index in [-0.39, 0.29) is 6.04 Å². The van der Waals surface area contributed by atoms with E-state index in [0.717, 1.165) is 59.3 Å². The number of aryl methyl sites for hydroxylation is 2. The van der Waals surface area contributed by atoms with Gasteiger partial charge in [-0.1, -0.05) is 12.1 Å². The highest BCUT2D eigenvalue weighted by molar-refractivity contribution is 7.89. The van der Waals surface area contributed by atoms with Crippen LogP contribution in [0.25, 0.3) is 10.9 Å². The topological polar surface area (TPSA) is 71.5 Å². The van der Waals surface area contributed by atoms with Crippen molar-refractivity contribution in [3.8, 4) is 5.75 Å². The van der Waals surface area contributed by atoms with Crippen LogP contribution in [0.5, 0.6) is 5.75 Å². The number of aromatic nitrogens is 1. The van der Waals surface area contributed by atoms with E-state index >= 15 is 0 Å². The van der Waals surface area contributed by atoms with Crippen molar-refractivity contribution in [3.05, 3.63) is 78.0 Å². The van der Waals surface area contributed by atoms with Gasteiger partial charge in [0.2, 0.25) is 10.0 Å². The van der Waals surface area contributed by atoms with Crippen LogP contribution in [0.3, 0.4) is 0 Å². The zero-order valence-corrected chi connectivity index (χ0v) is 21.4. The van der Waals surface area contributed by atoms with E-state index in [1.165, 1.54) is 0 Å². The molecule has 3 unspecified atom stereocenters. The number of hydrogen-bond donors (Lipinski definition) is 1. The molecule has 2 bridgehead atoms. The predicted octanol–water partition coefficient (Wildman–Crippen LogP) is 4.78. The van der Waals surface area contributed by atoms with E-state index in [2.05, 4.69) is 27.3 Å². The minimum absolute atomic E-state index is 0.0439. The van der Waals surface area contributed by atoms with E-state index in [0.29, 0.717) is 16.7 Å². The zero-order chi connectivity index (χ0) is 24.7. The van der Waals surface area contributed by atoms with Crippen molar-refractivity contribution in [2.45, 2.75) is 43.7 Å². The van der Waals surface area contributed by atoms with Gasteiger partial charge < -0.3 is 4.74 Å². The maximum Gasteiger partial charge on any atom is 0.241 e. The minimum atomic E-state index is -3.77. The molecule has 0 aliphatic carbocycles. The molecule has 7 heteroatoms. The van der Waals surface area contributed by atoms with Crippen LogP contribution >= 0.6 is 0 Å². The van der Waals surface area contributed by atoms with Gasteiger partial charge in [-0.25, -0.2) is 13.1 Å². The Bertz CT molecular complexity index is 1350. The summed E-state index contributed by atoms with van der Waals surface area (Å²) in [5.74, 6) is 1.68. The standard InChI is InChI=1S/C28H33N3O3S/c1-5-20-17-31-11-9-21(20)15-27(31)28(30-35(32,33)23-13-18(2)12-19(3)14-23)24-8-10-29-26-7-6-22(34-4)16-25(24)26/h5-8,10,12-14,16,20-21,27-28,30H,1,9,11,15,17H2,2-4H3/t20?,21?,27-,28-/m0/s1. The van der Waals surface area contributed by atoms with Crippen molar-refractivity contribution in [2.75, 3.05) is 20.2 Å². The quantitative estimate of drug-likeness (QED) is 0.482. The summed E-state index contributed by atoms with van der Waals surface area (Å²) in [5, 5.41) is 0.905. The number of pyridine rings is 1. The lowest BCUT2D eigenvalue weighted by molar-refractivity contribution is 0.00490. The summed E-state index contributed by atoms with van der Waals surface area (Å²) in [5.41, 5.74) is 3.60. The highest BCUT2D eigenvalue weighted by Gasteiger charge is 2.44. The molecule has 1 aromatic heterocycles. The maximum absolute atomic E-state index is 13.8. The van der Waals surface area contributed by atoms with E-state index < -0.39 is 16.1 Å². The molecule has 6 nitrogen and oxygen atoms in total. The van der Waals surface area contributed by atoms with Crippen LogP contribution < -0.4 is 9.46 Å². The first-order valence-corrected chi connectivity index (χ1v) is 13.7. The minimum Gasteiger partial charge on any atom is -0.497 e. The highest BCUT2D eigenvalue weighted by Crippen LogP contribution is 2.43. The van der Waals surface area contributed by atoms with Crippen molar-refractivity contribution in [1.82, 2.24) is 14.6 Å². The molecule has 3 fully saturated rings. The average molecular weight is 492 g/mol. The summed E-state index contributed by atoms with van der Waals surface area (Å²) >= 11 is 0. The summed E-state index contributed by atoms with van der Waals surface area (Å²) in [6.07, 6.45) is 5.87. The van der Waals surface area contributed by atoms with Gasteiger partial charge in [-0.2, -0.15) is 0 Å². The third-order valence-electron chi connectivity index (χ3n) is 7.64. The molecule has 6 rings (SSSR count). The van der Waals surface area contributed by atoms with E-state index in [1.807, 2.05) is 44.2 Å². The maximum atomic E-state index is 13.8. The van der Waals surface area contributed by atoms with Gasteiger partial charge in [0, 0.05) is 24.2 Å². The monoisotopic (exact) mass is 491 g/mol. The molecule has 0 spiro atoms. The number of fused-ring (bicyclic) bond motifs is 4. The number of nitrogens with zero attached hydrogens (tertiary/aromatic N) is 2. The molecule has 0 saturated carbocycles. The van der Waals surface area contributed by atoms with Crippen LogP contribution in [0.2, 0.25) is 0 Å². The molecule has 35 heavy (non-hydrogen) atoms. The van der Waals surface area contributed by atoms with Gasteiger partial charge in [0.15, 0.2) is 0 Å². The number of benzene rings is 2. The van der Waals surface area contributed by atoms with Crippen molar-refractivity contribution in [3.63, 3.8) is 0 Å². The van der Waals surface area contributed by atoms with Crippen LogP contribution in [0.15, 0.2) is 66.2 Å². The molecule has 3 aromatic rings. The Balaban J connectivity index is 1.62. The second-order valence-corrected chi connectivity index (χ2v) is 11.7. The first-order valence-electron chi connectivity index (χ1n) is 12.2. The Morgan fingerprint density at radius 3 is 2.60 bits per heavy atom. The van der Waals surface area contributed by atoms with Gasteiger partial charge in [0.05, 0.1) is 23.6 Å². The van der Waals surface area contributed by atoms with Crippen LogP contribution in [0.1, 0.15) is 35.6 Å². The molecule has 2 aromatic carbocycles. The van der Waals surface area contributed by atoms with E-state index in [1.54, 1.807) is 25.4 Å². The molecular weight excluding hydrogens is 458 g/mol. The lowest BCUT2D eigenvalue weighted by Crippen LogP contribution is -2.57. The van der Waals surface area contributed by atoms with Gasteiger partial charge in [-0.15, -0.1) is 6.58 Å². The molecule has 3 aliphatic heterocycles. The van der Waals surface area contributed by atoms with E-state index in [4.69, 9.17) is 4.74 Å².